The van der Waals surface area contributed by atoms with Crippen LogP contribution in [0.25, 0.3) is 0 Å². The molecule has 0 aromatic carbocycles. The van der Waals surface area contributed by atoms with Crippen LogP contribution in [0, 0.1) is 0 Å². The first-order valence-electron chi connectivity index (χ1n) is 5.38. The summed E-state index contributed by atoms with van der Waals surface area (Å²) < 4.78 is 6.02. The van der Waals surface area contributed by atoms with Gasteiger partial charge in [-0.15, -0.1) is 0 Å². The highest BCUT2D eigenvalue weighted by Crippen LogP contribution is 2.24. The maximum absolute atomic E-state index is 6.02. The Bertz CT molecular complexity index is 151. The summed E-state index contributed by atoms with van der Waals surface area (Å²) in [7, 11) is 2.04. The van der Waals surface area contributed by atoms with Gasteiger partial charge in [-0.2, -0.15) is 0 Å². The van der Waals surface area contributed by atoms with Crippen molar-refractivity contribution in [3.8, 4) is 0 Å². The van der Waals surface area contributed by atoms with Crippen molar-refractivity contribution in [3.05, 3.63) is 0 Å². The number of likely N-dealkylation sites (N-methyl/N-ethyl adjacent to an activating group) is 1. The SMILES string of the molecule is CNC1CCCCC1OC(C)(C)C. The molecule has 2 heteroatoms. The predicted molar refractivity (Wildman–Crippen MR) is 55.9 cm³/mol. The Morgan fingerprint density at radius 1 is 1.15 bits per heavy atom. The lowest BCUT2D eigenvalue weighted by Crippen LogP contribution is -2.45. The van der Waals surface area contributed by atoms with E-state index in [-0.39, 0.29) is 5.60 Å². The fraction of sp³-hybridized carbons (Fsp3) is 1.00. The highest BCUT2D eigenvalue weighted by atomic mass is 16.5. The molecule has 0 radical (unpaired) electrons. The molecule has 0 saturated heterocycles. The molecule has 1 aliphatic rings. The fourth-order valence-electron chi connectivity index (χ4n) is 2.02. The van der Waals surface area contributed by atoms with Gasteiger partial charge in [0.25, 0.3) is 0 Å². The van der Waals surface area contributed by atoms with Gasteiger partial charge in [0.1, 0.15) is 0 Å². The summed E-state index contributed by atoms with van der Waals surface area (Å²) >= 11 is 0. The Hall–Kier alpha value is -0.0800. The molecule has 1 aliphatic carbocycles. The topological polar surface area (TPSA) is 21.3 Å². The molecule has 13 heavy (non-hydrogen) atoms. The third-order valence-corrected chi connectivity index (χ3v) is 2.58. The summed E-state index contributed by atoms with van der Waals surface area (Å²) in [6.07, 6.45) is 5.55. The molecule has 0 aromatic heterocycles. The van der Waals surface area contributed by atoms with Crippen LogP contribution in [0.2, 0.25) is 0 Å². The van der Waals surface area contributed by atoms with Crippen LogP contribution in [0.4, 0.5) is 0 Å². The van der Waals surface area contributed by atoms with Crippen molar-refractivity contribution in [2.75, 3.05) is 7.05 Å². The van der Waals surface area contributed by atoms with Crippen molar-refractivity contribution in [1.29, 1.82) is 0 Å². The normalized spacial score (nSPS) is 30.5. The minimum atomic E-state index is -0.00287. The van der Waals surface area contributed by atoms with Gasteiger partial charge in [-0.25, -0.2) is 0 Å². The molecule has 1 fully saturated rings. The van der Waals surface area contributed by atoms with Crippen LogP contribution in [0.15, 0.2) is 0 Å². The number of nitrogens with one attached hydrogen (secondary N) is 1. The van der Waals surface area contributed by atoms with Crippen LogP contribution in [0.5, 0.6) is 0 Å². The van der Waals surface area contributed by atoms with Crippen molar-refractivity contribution in [2.45, 2.75) is 64.2 Å². The molecule has 1 N–H and O–H groups in total. The third kappa shape index (κ3) is 3.65. The van der Waals surface area contributed by atoms with Crippen LogP contribution in [0.1, 0.15) is 46.5 Å². The quantitative estimate of drug-likeness (QED) is 0.713. The van der Waals surface area contributed by atoms with Gasteiger partial charge in [-0.3, -0.25) is 0 Å². The lowest BCUT2D eigenvalue weighted by molar-refractivity contribution is -0.0859. The molecule has 0 heterocycles. The van der Waals surface area contributed by atoms with Gasteiger partial charge in [0.15, 0.2) is 0 Å². The molecule has 0 aliphatic heterocycles. The fourth-order valence-corrected chi connectivity index (χ4v) is 2.02. The van der Waals surface area contributed by atoms with E-state index < -0.39 is 0 Å². The van der Waals surface area contributed by atoms with Crippen molar-refractivity contribution in [3.63, 3.8) is 0 Å². The van der Waals surface area contributed by atoms with E-state index in [1.165, 1.54) is 25.7 Å². The van der Waals surface area contributed by atoms with Crippen LogP contribution in [-0.4, -0.2) is 24.8 Å². The van der Waals surface area contributed by atoms with Gasteiger partial charge >= 0.3 is 0 Å². The molecule has 2 unspecified atom stereocenters. The second kappa shape index (κ2) is 4.43. The monoisotopic (exact) mass is 185 g/mol. The highest BCUT2D eigenvalue weighted by molar-refractivity contribution is 4.82. The van der Waals surface area contributed by atoms with E-state index in [9.17, 15) is 0 Å². The third-order valence-electron chi connectivity index (χ3n) is 2.58. The first-order chi connectivity index (χ1) is 6.03. The van der Waals surface area contributed by atoms with Crippen LogP contribution in [-0.2, 0) is 4.74 Å². The molecular weight excluding hydrogens is 162 g/mol. The maximum atomic E-state index is 6.02. The van der Waals surface area contributed by atoms with Crippen LogP contribution >= 0.6 is 0 Å². The van der Waals surface area contributed by atoms with E-state index in [0.29, 0.717) is 12.1 Å². The smallest absolute Gasteiger partial charge is 0.0735 e. The van der Waals surface area contributed by atoms with E-state index >= 15 is 0 Å². The van der Waals surface area contributed by atoms with E-state index in [4.69, 9.17) is 4.74 Å². The molecule has 2 nitrogen and oxygen atoms in total. The first kappa shape index (κ1) is 11.0. The van der Waals surface area contributed by atoms with Crippen molar-refractivity contribution < 1.29 is 4.74 Å². The first-order valence-corrected chi connectivity index (χ1v) is 5.38. The molecule has 78 valence electrons. The maximum Gasteiger partial charge on any atom is 0.0735 e. The Balaban J connectivity index is 2.45. The number of rotatable bonds is 2. The number of hydrogen-bond donors (Lipinski definition) is 1. The zero-order chi connectivity index (χ0) is 9.90. The predicted octanol–water partition coefficient (Wildman–Crippen LogP) is 2.33. The Labute approximate surface area is 82.0 Å². The van der Waals surface area contributed by atoms with Crippen molar-refractivity contribution in [1.82, 2.24) is 5.32 Å². The minimum absolute atomic E-state index is 0.00287. The Morgan fingerprint density at radius 2 is 1.77 bits per heavy atom. The van der Waals surface area contributed by atoms with Gasteiger partial charge in [-0.1, -0.05) is 12.8 Å². The van der Waals surface area contributed by atoms with E-state index in [0.717, 1.165) is 0 Å². The molecule has 1 rings (SSSR count). The summed E-state index contributed by atoms with van der Waals surface area (Å²) in [5.74, 6) is 0. The van der Waals surface area contributed by atoms with Gasteiger partial charge in [0.2, 0.25) is 0 Å². The van der Waals surface area contributed by atoms with Gasteiger partial charge in [0, 0.05) is 6.04 Å². The Kier molecular flexibility index (Phi) is 3.74. The lowest BCUT2D eigenvalue weighted by atomic mass is 9.92. The lowest BCUT2D eigenvalue weighted by Gasteiger charge is -2.36. The molecule has 0 amide bonds. The van der Waals surface area contributed by atoms with Crippen LogP contribution < -0.4 is 5.32 Å². The van der Waals surface area contributed by atoms with Gasteiger partial charge < -0.3 is 10.1 Å². The Morgan fingerprint density at radius 3 is 2.31 bits per heavy atom. The zero-order valence-corrected chi connectivity index (χ0v) is 9.39. The van der Waals surface area contributed by atoms with Gasteiger partial charge in [-0.05, 0) is 40.7 Å². The minimum Gasteiger partial charge on any atom is -0.371 e. The van der Waals surface area contributed by atoms with E-state index in [1.807, 2.05) is 7.05 Å². The summed E-state index contributed by atoms with van der Waals surface area (Å²) in [6, 6.07) is 0.563. The summed E-state index contributed by atoms with van der Waals surface area (Å²) in [4.78, 5) is 0. The van der Waals surface area contributed by atoms with Crippen molar-refractivity contribution in [2.24, 2.45) is 0 Å². The standard InChI is InChI=1S/C11H23NO/c1-11(2,3)13-10-8-6-5-7-9(10)12-4/h9-10,12H,5-8H2,1-4H3. The summed E-state index contributed by atoms with van der Waals surface area (Å²) in [5, 5.41) is 3.35. The molecule has 1 saturated carbocycles. The van der Waals surface area contributed by atoms with Crippen LogP contribution in [0.3, 0.4) is 0 Å². The largest absolute Gasteiger partial charge is 0.371 e. The molecule has 0 bridgehead atoms. The second-order valence-electron chi connectivity index (χ2n) is 4.95. The highest BCUT2D eigenvalue weighted by Gasteiger charge is 2.28. The van der Waals surface area contributed by atoms with E-state index in [1.54, 1.807) is 0 Å². The summed E-state index contributed by atoms with van der Waals surface area (Å²) in [5.41, 5.74) is -0.00287. The average molecular weight is 185 g/mol. The summed E-state index contributed by atoms with van der Waals surface area (Å²) in [6.45, 7) is 6.40. The van der Waals surface area contributed by atoms with Gasteiger partial charge in [0.05, 0.1) is 11.7 Å². The molecule has 2 atom stereocenters. The molecule has 0 aromatic rings. The number of hydrogen-bond acceptors (Lipinski definition) is 2. The second-order valence-corrected chi connectivity index (χ2v) is 4.95. The molecular formula is C11H23NO. The zero-order valence-electron chi connectivity index (χ0n) is 9.39. The van der Waals surface area contributed by atoms with E-state index in [2.05, 4.69) is 26.1 Å². The average Bonchev–Trinajstić information content (AvgIpc) is 2.02. The molecule has 0 spiro atoms. The number of ether oxygens (including phenoxy) is 1. The van der Waals surface area contributed by atoms with Crippen molar-refractivity contribution >= 4 is 0 Å².